The highest BCUT2D eigenvalue weighted by Crippen LogP contribution is 2.63. The van der Waals surface area contributed by atoms with Gasteiger partial charge in [-0.2, -0.15) is 0 Å². The molecule has 5 heteroatoms. The van der Waals surface area contributed by atoms with Crippen LogP contribution >= 0.6 is 0 Å². The average molecular weight is 667 g/mol. The van der Waals surface area contributed by atoms with E-state index < -0.39 is 0 Å². The Morgan fingerprint density at radius 2 is 1.10 bits per heavy atom. The summed E-state index contributed by atoms with van der Waals surface area (Å²) in [5.41, 5.74) is 5.66. The van der Waals surface area contributed by atoms with Gasteiger partial charge in [0.05, 0.1) is 14.2 Å². The van der Waals surface area contributed by atoms with Gasteiger partial charge in [0.15, 0.2) is 0 Å². The molecule has 0 bridgehead atoms. The van der Waals surface area contributed by atoms with E-state index in [2.05, 4.69) is 50.2 Å². The summed E-state index contributed by atoms with van der Waals surface area (Å²) in [4.78, 5) is 27.0. The molecule has 4 fully saturated rings. The minimum Gasteiger partial charge on any atom is -0.497 e. The Balaban J connectivity index is 0.842. The quantitative estimate of drug-likeness (QED) is 0.237. The van der Waals surface area contributed by atoms with Gasteiger partial charge in [-0.3, -0.25) is 9.59 Å². The summed E-state index contributed by atoms with van der Waals surface area (Å²) < 4.78 is 17.3. The second kappa shape index (κ2) is 13.1. The highest BCUT2D eigenvalue weighted by atomic mass is 16.5. The van der Waals surface area contributed by atoms with Crippen LogP contribution in [0.5, 0.6) is 11.5 Å². The van der Waals surface area contributed by atoms with E-state index in [-0.39, 0.29) is 10.8 Å². The monoisotopic (exact) mass is 666 g/mol. The van der Waals surface area contributed by atoms with Crippen LogP contribution in [0.15, 0.2) is 36.4 Å². The molecule has 8 rings (SSSR count). The number of methoxy groups -OCH3 is 2. The van der Waals surface area contributed by atoms with Crippen LogP contribution in [0.2, 0.25) is 0 Å². The first kappa shape index (κ1) is 33.5. The molecule has 264 valence electrons. The molecule has 10 atom stereocenters. The summed E-state index contributed by atoms with van der Waals surface area (Å²) in [7, 11) is 3.51. The van der Waals surface area contributed by atoms with Gasteiger partial charge in [0.2, 0.25) is 0 Å². The van der Waals surface area contributed by atoms with Crippen LogP contribution in [0.25, 0.3) is 0 Å². The highest BCUT2D eigenvalue weighted by Gasteiger charge is 2.59. The van der Waals surface area contributed by atoms with Crippen molar-refractivity contribution < 1.29 is 23.8 Å². The molecule has 4 saturated carbocycles. The van der Waals surface area contributed by atoms with Gasteiger partial charge in [-0.05, 0) is 171 Å². The SMILES string of the molecule is COc1ccc2c(c1)CC[C@H]1[C@@H]3[C@H](CCCOCCC[C@@H]4CC(=O)[C@@]5(C)CC[C@@H]6c7ccc(OC)cc7CC[C@H]6[C@H]45)CC(=O)[C@@]3(C)CC[C@H]21. The predicted octanol–water partition coefficient (Wildman–Crippen LogP) is 9.28. The van der Waals surface area contributed by atoms with E-state index in [0.717, 1.165) is 102 Å². The lowest BCUT2D eigenvalue weighted by Crippen LogP contribution is -2.44. The summed E-state index contributed by atoms with van der Waals surface area (Å²) in [5.74, 6) is 7.29. The van der Waals surface area contributed by atoms with Gasteiger partial charge in [-0.25, -0.2) is 0 Å². The summed E-state index contributed by atoms with van der Waals surface area (Å²) in [6.45, 7) is 6.15. The molecular weight excluding hydrogens is 608 g/mol. The van der Waals surface area contributed by atoms with Crippen LogP contribution in [0.3, 0.4) is 0 Å². The van der Waals surface area contributed by atoms with Crippen LogP contribution < -0.4 is 9.47 Å². The Bertz CT molecular complexity index is 1460. The Hall–Kier alpha value is -2.66. The zero-order chi connectivity index (χ0) is 33.9. The minimum absolute atomic E-state index is 0.144. The fraction of sp³-hybridized carbons (Fsp3) is 0.682. The molecule has 0 saturated heterocycles. The molecular formula is C44H58O5. The summed E-state index contributed by atoms with van der Waals surface area (Å²) >= 11 is 0. The van der Waals surface area contributed by atoms with Gasteiger partial charge in [-0.15, -0.1) is 0 Å². The third-order valence-corrected chi connectivity index (χ3v) is 15.3. The van der Waals surface area contributed by atoms with Crippen LogP contribution in [0.1, 0.15) is 125 Å². The first-order valence-corrected chi connectivity index (χ1v) is 19.7. The summed E-state index contributed by atoms with van der Waals surface area (Å²) in [5, 5.41) is 0. The number of hydrogen-bond acceptors (Lipinski definition) is 5. The summed E-state index contributed by atoms with van der Waals surface area (Å²) in [6, 6.07) is 13.4. The van der Waals surface area contributed by atoms with Crippen LogP contribution in [0, 0.1) is 46.3 Å². The Morgan fingerprint density at radius 1 is 0.653 bits per heavy atom. The number of hydrogen-bond donors (Lipinski definition) is 0. The molecule has 0 amide bonds. The Kier molecular flexibility index (Phi) is 8.98. The van der Waals surface area contributed by atoms with Crippen LogP contribution in [0.4, 0.5) is 0 Å². The van der Waals surface area contributed by atoms with E-state index in [4.69, 9.17) is 14.2 Å². The number of aryl methyl sites for hydroxylation is 2. The van der Waals surface area contributed by atoms with E-state index in [1.165, 1.54) is 35.1 Å². The number of benzene rings is 2. The van der Waals surface area contributed by atoms with Crippen molar-refractivity contribution in [2.24, 2.45) is 46.3 Å². The van der Waals surface area contributed by atoms with Crippen molar-refractivity contribution in [1.29, 1.82) is 0 Å². The molecule has 0 unspecified atom stereocenters. The highest BCUT2D eigenvalue weighted by molar-refractivity contribution is 5.88. The molecule has 0 aliphatic heterocycles. The second-order valence-corrected chi connectivity index (χ2v) is 17.4. The largest absolute Gasteiger partial charge is 0.497 e. The van der Waals surface area contributed by atoms with E-state index in [1.54, 1.807) is 14.2 Å². The molecule has 5 nitrogen and oxygen atoms in total. The minimum atomic E-state index is -0.144. The lowest BCUT2D eigenvalue weighted by atomic mass is 9.54. The standard InChI is InChI=1S/C44H58O5/c1-43-19-17-35-33-15-11-31(47-3)23-27(33)9-13-37(35)41(43)29(25-39(43)45)7-5-21-49-22-6-8-30-26-40(46)44(2)20-18-36-34-16-12-32(48-4)24-28(34)10-14-38(36)42(30)44/h11-12,15-16,23-24,29-30,35-38,41-42H,5-10,13-14,17-22,25-26H2,1-4H3/t29-,30-,35-,36-,37-,38-,41+,42+,43-,44-/m1/s1. The first-order chi connectivity index (χ1) is 23.7. The molecule has 0 aromatic heterocycles. The molecule has 2 aromatic rings. The van der Waals surface area contributed by atoms with E-state index in [9.17, 15) is 9.59 Å². The number of carbonyl (C=O) groups is 2. The van der Waals surface area contributed by atoms with Gasteiger partial charge in [0.25, 0.3) is 0 Å². The van der Waals surface area contributed by atoms with Crippen molar-refractivity contribution in [1.82, 2.24) is 0 Å². The number of ketones is 2. The fourth-order valence-electron chi connectivity index (χ4n) is 13.0. The maximum absolute atomic E-state index is 13.5. The first-order valence-electron chi connectivity index (χ1n) is 19.7. The molecule has 0 N–H and O–H groups in total. The van der Waals surface area contributed by atoms with Gasteiger partial charge in [0.1, 0.15) is 23.1 Å². The number of Topliss-reactive ketones (excluding diaryl/α,β-unsaturated/α-hetero) is 2. The summed E-state index contributed by atoms with van der Waals surface area (Å²) in [6.07, 6.45) is 14.7. The van der Waals surface area contributed by atoms with Crippen molar-refractivity contribution in [2.75, 3.05) is 27.4 Å². The van der Waals surface area contributed by atoms with Crippen molar-refractivity contribution in [3.63, 3.8) is 0 Å². The van der Waals surface area contributed by atoms with Gasteiger partial charge < -0.3 is 14.2 Å². The number of ether oxygens (including phenoxy) is 3. The molecule has 0 heterocycles. The van der Waals surface area contributed by atoms with E-state index in [1.807, 2.05) is 0 Å². The molecule has 0 spiro atoms. The zero-order valence-electron chi connectivity index (χ0n) is 30.4. The smallest absolute Gasteiger partial charge is 0.139 e. The lowest BCUT2D eigenvalue weighted by Gasteiger charge is -2.50. The van der Waals surface area contributed by atoms with Gasteiger partial charge >= 0.3 is 0 Å². The van der Waals surface area contributed by atoms with Crippen molar-refractivity contribution in [3.8, 4) is 11.5 Å². The maximum atomic E-state index is 13.5. The number of carbonyl (C=O) groups excluding carboxylic acids is 2. The van der Waals surface area contributed by atoms with Crippen LogP contribution in [-0.2, 0) is 27.2 Å². The lowest BCUT2D eigenvalue weighted by molar-refractivity contribution is -0.130. The topological polar surface area (TPSA) is 61.8 Å². The Morgan fingerprint density at radius 3 is 1.53 bits per heavy atom. The average Bonchev–Trinajstić information content (AvgIpc) is 3.53. The third kappa shape index (κ3) is 5.60. The zero-order valence-corrected chi connectivity index (χ0v) is 30.4. The van der Waals surface area contributed by atoms with Crippen molar-refractivity contribution >= 4 is 11.6 Å². The van der Waals surface area contributed by atoms with Crippen molar-refractivity contribution in [2.45, 2.75) is 116 Å². The van der Waals surface area contributed by atoms with E-state index in [0.29, 0.717) is 58.9 Å². The number of fused-ring (bicyclic) bond motifs is 10. The molecule has 6 aliphatic carbocycles. The third-order valence-electron chi connectivity index (χ3n) is 15.3. The number of rotatable bonds is 10. The second-order valence-electron chi connectivity index (χ2n) is 17.4. The van der Waals surface area contributed by atoms with Crippen LogP contribution in [-0.4, -0.2) is 39.0 Å². The fourth-order valence-corrected chi connectivity index (χ4v) is 13.0. The Labute approximate surface area is 294 Å². The van der Waals surface area contributed by atoms with Crippen molar-refractivity contribution in [3.05, 3.63) is 58.7 Å². The molecule has 6 aliphatic rings. The van der Waals surface area contributed by atoms with Gasteiger partial charge in [-0.1, -0.05) is 26.0 Å². The predicted molar refractivity (Wildman–Crippen MR) is 192 cm³/mol. The molecule has 2 aromatic carbocycles. The molecule has 49 heavy (non-hydrogen) atoms. The van der Waals surface area contributed by atoms with E-state index >= 15 is 0 Å². The maximum Gasteiger partial charge on any atom is 0.139 e. The van der Waals surface area contributed by atoms with Gasteiger partial charge in [0, 0.05) is 36.9 Å². The molecule has 0 radical (unpaired) electrons. The normalized spacial score (nSPS) is 37.4.